The van der Waals surface area contributed by atoms with Gasteiger partial charge in [0, 0.05) is 11.2 Å². The maximum atomic E-state index is 6.43. The molecular weight excluding hydrogens is 345 g/mol. The molecule has 5 nitrogen and oxygen atoms in total. The van der Waals surface area contributed by atoms with Gasteiger partial charge in [0.15, 0.2) is 0 Å². The number of aromatic nitrogens is 3. The lowest BCUT2D eigenvalue weighted by Gasteiger charge is -2.03. The lowest BCUT2D eigenvalue weighted by atomic mass is 10.2. The monoisotopic (exact) mass is 359 g/mol. The van der Waals surface area contributed by atoms with E-state index in [4.69, 9.17) is 23.2 Å². The molecular formula is C17H15Cl2N5. The van der Waals surface area contributed by atoms with Crippen LogP contribution < -0.4 is 5.43 Å². The second kappa shape index (κ2) is 7.47. The molecule has 0 aliphatic heterocycles. The summed E-state index contributed by atoms with van der Waals surface area (Å²) < 4.78 is 1.74. The Morgan fingerprint density at radius 2 is 1.96 bits per heavy atom. The summed E-state index contributed by atoms with van der Waals surface area (Å²) in [7, 11) is 0. The number of nitrogens with zero attached hydrogens (tertiary/aromatic N) is 4. The van der Waals surface area contributed by atoms with Crippen molar-refractivity contribution in [3.8, 4) is 0 Å². The maximum absolute atomic E-state index is 6.43. The van der Waals surface area contributed by atoms with Gasteiger partial charge in [-0.25, -0.2) is 9.67 Å². The van der Waals surface area contributed by atoms with Gasteiger partial charge in [-0.3, -0.25) is 5.43 Å². The van der Waals surface area contributed by atoms with Gasteiger partial charge >= 0.3 is 0 Å². The molecule has 0 aliphatic carbocycles. The number of benzene rings is 1. The van der Waals surface area contributed by atoms with Crippen LogP contribution in [0.3, 0.4) is 0 Å². The van der Waals surface area contributed by atoms with Gasteiger partial charge in [0.25, 0.3) is 0 Å². The smallest absolute Gasteiger partial charge is 0.146 e. The van der Waals surface area contributed by atoms with E-state index >= 15 is 0 Å². The van der Waals surface area contributed by atoms with E-state index in [1.807, 2.05) is 49.4 Å². The average Bonchev–Trinajstić information content (AvgIpc) is 2.85. The van der Waals surface area contributed by atoms with Crippen LogP contribution in [0, 0.1) is 6.92 Å². The number of aryl methyl sites for hydroxylation is 1. The molecule has 2 aromatic heterocycles. The van der Waals surface area contributed by atoms with E-state index in [9.17, 15) is 0 Å². The lowest BCUT2D eigenvalue weighted by Crippen LogP contribution is -2.02. The number of anilines is 1. The Hall–Kier alpha value is -2.37. The van der Waals surface area contributed by atoms with Gasteiger partial charge in [0.05, 0.1) is 24.0 Å². The fourth-order valence-corrected chi connectivity index (χ4v) is 2.58. The molecule has 1 N–H and O–H groups in total. The first-order valence-electron chi connectivity index (χ1n) is 7.31. The van der Waals surface area contributed by atoms with Crippen LogP contribution in [0.25, 0.3) is 0 Å². The third-order valence-corrected chi connectivity index (χ3v) is 4.04. The predicted octanol–water partition coefficient (Wildman–Crippen LogP) is 4.39. The minimum Gasteiger partial charge on any atom is -0.261 e. The van der Waals surface area contributed by atoms with Crippen LogP contribution in [0.2, 0.25) is 10.2 Å². The minimum absolute atomic E-state index is 0.536. The largest absolute Gasteiger partial charge is 0.261 e. The molecule has 0 unspecified atom stereocenters. The third-order valence-electron chi connectivity index (χ3n) is 3.39. The Balaban J connectivity index is 1.75. The van der Waals surface area contributed by atoms with Gasteiger partial charge in [-0.2, -0.15) is 10.2 Å². The van der Waals surface area contributed by atoms with E-state index in [2.05, 4.69) is 20.6 Å². The molecule has 0 bridgehead atoms. The first-order chi connectivity index (χ1) is 11.6. The van der Waals surface area contributed by atoms with Gasteiger partial charge in [-0.15, -0.1) is 0 Å². The summed E-state index contributed by atoms with van der Waals surface area (Å²) in [6, 6.07) is 13.2. The first-order valence-corrected chi connectivity index (χ1v) is 8.06. The number of rotatable bonds is 5. The molecule has 0 saturated carbocycles. The van der Waals surface area contributed by atoms with Crippen LogP contribution in [0.15, 0.2) is 53.8 Å². The Bertz CT molecular complexity index is 841. The number of halogens is 2. The van der Waals surface area contributed by atoms with Crippen molar-refractivity contribution in [1.82, 2.24) is 14.8 Å². The highest BCUT2D eigenvalue weighted by Crippen LogP contribution is 2.20. The zero-order valence-electron chi connectivity index (χ0n) is 12.9. The fraction of sp³-hybridized carbons (Fsp3) is 0.118. The Labute approximate surface area is 149 Å². The van der Waals surface area contributed by atoms with Crippen molar-refractivity contribution in [1.29, 1.82) is 0 Å². The van der Waals surface area contributed by atoms with Crippen LogP contribution >= 0.6 is 23.2 Å². The SMILES string of the molecule is Cc1nn(Cc2ccc(Cl)cc2)c(Cl)c1/C=N\Nc1ccccn1. The molecule has 1 aromatic carbocycles. The fourth-order valence-electron chi connectivity index (χ4n) is 2.17. The highest BCUT2D eigenvalue weighted by atomic mass is 35.5. The summed E-state index contributed by atoms with van der Waals surface area (Å²) >= 11 is 12.3. The molecule has 0 fully saturated rings. The van der Waals surface area contributed by atoms with Crippen LogP contribution in [0.1, 0.15) is 16.8 Å². The molecule has 0 aliphatic rings. The topological polar surface area (TPSA) is 55.1 Å². The molecule has 0 atom stereocenters. The molecule has 7 heteroatoms. The van der Waals surface area contributed by atoms with Crippen molar-refractivity contribution in [2.45, 2.75) is 13.5 Å². The van der Waals surface area contributed by atoms with Gasteiger partial charge in [0.2, 0.25) is 0 Å². The maximum Gasteiger partial charge on any atom is 0.146 e. The lowest BCUT2D eigenvalue weighted by molar-refractivity contribution is 0.680. The van der Waals surface area contributed by atoms with Crippen molar-refractivity contribution in [2.24, 2.45) is 5.10 Å². The molecule has 3 rings (SSSR count). The highest BCUT2D eigenvalue weighted by Gasteiger charge is 2.12. The van der Waals surface area contributed by atoms with Crippen LogP contribution in [0.5, 0.6) is 0 Å². The normalized spacial score (nSPS) is 11.1. The quantitative estimate of drug-likeness (QED) is 0.542. The van der Waals surface area contributed by atoms with Gasteiger partial charge in [-0.1, -0.05) is 41.4 Å². The van der Waals surface area contributed by atoms with Crippen molar-refractivity contribution in [3.05, 3.63) is 75.7 Å². The van der Waals surface area contributed by atoms with E-state index in [0.29, 0.717) is 22.5 Å². The van der Waals surface area contributed by atoms with Crippen molar-refractivity contribution in [3.63, 3.8) is 0 Å². The molecule has 0 saturated heterocycles. The van der Waals surface area contributed by atoms with E-state index in [1.165, 1.54) is 0 Å². The zero-order chi connectivity index (χ0) is 16.9. The summed E-state index contributed by atoms with van der Waals surface area (Å²) in [5.74, 6) is 0.663. The molecule has 2 heterocycles. The molecule has 0 radical (unpaired) electrons. The highest BCUT2D eigenvalue weighted by molar-refractivity contribution is 6.32. The summed E-state index contributed by atoms with van der Waals surface area (Å²) in [5.41, 5.74) is 5.51. The second-order valence-electron chi connectivity index (χ2n) is 5.16. The van der Waals surface area contributed by atoms with Crippen molar-refractivity contribution in [2.75, 3.05) is 5.43 Å². The Morgan fingerprint density at radius 1 is 1.17 bits per heavy atom. The molecule has 0 amide bonds. The van der Waals surface area contributed by atoms with Crippen molar-refractivity contribution >= 4 is 35.2 Å². The van der Waals surface area contributed by atoms with Gasteiger partial charge < -0.3 is 0 Å². The minimum atomic E-state index is 0.536. The third kappa shape index (κ3) is 3.93. The first kappa shape index (κ1) is 16.5. The number of hydrazone groups is 1. The summed E-state index contributed by atoms with van der Waals surface area (Å²) in [5, 5.41) is 9.88. The average molecular weight is 360 g/mol. The summed E-state index contributed by atoms with van der Waals surface area (Å²) in [6.45, 7) is 2.46. The van der Waals surface area contributed by atoms with Crippen LogP contribution in [0.4, 0.5) is 5.82 Å². The second-order valence-corrected chi connectivity index (χ2v) is 5.95. The molecule has 122 valence electrons. The number of pyridine rings is 1. The Kier molecular flexibility index (Phi) is 5.13. The summed E-state index contributed by atoms with van der Waals surface area (Å²) in [4.78, 5) is 4.13. The number of hydrogen-bond acceptors (Lipinski definition) is 4. The van der Waals surface area contributed by atoms with Gasteiger partial charge in [0.1, 0.15) is 11.0 Å². The van der Waals surface area contributed by atoms with Crippen molar-refractivity contribution < 1.29 is 0 Å². The molecule has 3 aromatic rings. The van der Waals surface area contributed by atoms with E-state index < -0.39 is 0 Å². The predicted molar refractivity (Wildman–Crippen MR) is 98.0 cm³/mol. The van der Waals surface area contributed by atoms with Gasteiger partial charge in [-0.05, 0) is 36.8 Å². The van der Waals surface area contributed by atoms with E-state index in [0.717, 1.165) is 16.8 Å². The number of hydrogen-bond donors (Lipinski definition) is 1. The standard InChI is InChI=1S/C17H15Cl2N5/c1-12-15(10-21-22-16-4-2-3-9-20-16)17(19)24(23-12)11-13-5-7-14(18)8-6-13/h2-10H,11H2,1H3,(H,20,22)/b21-10-. The zero-order valence-corrected chi connectivity index (χ0v) is 14.5. The number of nitrogens with one attached hydrogen (secondary N) is 1. The van der Waals surface area contributed by atoms with E-state index in [-0.39, 0.29) is 0 Å². The molecule has 24 heavy (non-hydrogen) atoms. The Morgan fingerprint density at radius 3 is 2.67 bits per heavy atom. The van der Waals surface area contributed by atoms with E-state index in [1.54, 1.807) is 17.1 Å². The summed E-state index contributed by atoms with van der Waals surface area (Å²) in [6.07, 6.45) is 3.35. The van der Waals surface area contributed by atoms with Crippen LogP contribution in [-0.4, -0.2) is 21.0 Å². The van der Waals surface area contributed by atoms with Crippen LogP contribution in [-0.2, 0) is 6.54 Å². The molecule has 0 spiro atoms.